The lowest BCUT2D eigenvalue weighted by atomic mass is 10.1. The fraction of sp³-hybridized carbons (Fsp3) is 0.500. The van der Waals surface area contributed by atoms with Gasteiger partial charge in [0, 0.05) is 18.6 Å². The molecule has 0 saturated heterocycles. The van der Waals surface area contributed by atoms with Crippen molar-refractivity contribution in [3.63, 3.8) is 0 Å². The van der Waals surface area contributed by atoms with E-state index < -0.39 is 0 Å². The predicted molar refractivity (Wildman–Crippen MR) is 72.0 cm³/mol. The van der Waals surface area contributed by atoms with E-state index in [4.69, 9.17) is 9.84 Å². The number of hydrogen-bond donors (Lipinski definition) is 1. The molecule has 3 heteroatoms. The Balaban J connectivity index is 1.86. The molecule has 1 saturated carbocycles. The molecule has 102 valence electrons. The summed E-state index contributed by atoms with van der Waals surface area (Å²) in [4.78, 5) is 0. The smallest absolute Gasteiger partial charge is 0.124 e. The molecule has 1 N–H and O–H groups in total. The summed E-state index contributed by atoms with van der Waals surface area (Å²) in [7, 11) is 0. The van der Waals surface area contributed by atoms with Crippen molar-refractivity contribution >= 4 is 0 Å². The summed E-state index contributed by atoms with van der Waals surface area (Å²) in [6.07, 6.45) is 4.17. The third-order valence-corrected chi connectivity index (χ3v) is 3.06. The molecule has 0 aromatic heterocycles. The summed E-state index contributed by atoms with van der Waals surface area (Å²) >= 11 is 0. The molecule has 1 aromatic carbocycles. The Hall–Kier alpha value is -1.37. The molecule has 0 unspecified atom stereocenters. The third kappa shape index (κ3) is 5.42. The minimum atomic E-state index is -0.295. The van der Waals surface area contributed by atoms with Gasteiger partial charge in [0.1, 0.15) is 5.82 Å². The van der Waals surface area contributed by atoms with Gasteiger partial charge in [-0.25, -0.2) is 4.39 Å². The molecule has 1 aliphatic carbocycles. The van der Waals surface area contributed by atoms with Crippen LogP contribution < -0.4 is 0 Å². The standard InChI is InChI=1S/C16H19FO2/c17-16-10-14(3-1-2-7-18)9-15(11-16)12-19-8-6-13-4-5-13/h9-11,13,18H,2,4-8,12H2. The summed E-state index contributed by atoms with van der Waals surface area (Å²) in [5.74, 6) is 6.19. The van der Waals surface area contributed by atoms with E-state index in [1.54, 1.807) is 0 Å². The molecular formula is C16H19FO2. The summed E-state index contributed by atoms with van der Waals surface area (Å²) in [6, 6.07) is 4.72. The molecule has 0 radical (unpaired) electrons. The lowest BCUT2D eigenvalue weighted by Gasteiger charge is -2.05. The van der Waals surface area contributed by atoms with E-state index >= 15 is 0 Å². The number of halogens is 1. The number of benzene rings is 1. The molecular weight excluding hydrogens is 243 g/mol. The molecule has 2 nitrogen and oxygen atoms in total. The van der Waals surface area contributed by atoms with Gasteiger partial charge < -0.3 is 9.84 Å². The van der Waals surface area contributed by atoms with E-state index in [1.807, 2.05) is 6.07 Å². The molecule has 0 heterocycles. The molecule has 0 amide bonds. The molecule has 1 aliphatic rings. The van der Waals surface area contributed by atoms with Crippen molar-refractivity contribution in [2.75, 3.05) is 13.2 Å². The number of aliphatic hydroxyl groups excluding tert-OH is 1. The van der Waals surface area contributed by atoms with Crippen LogP contribution in [0.25, 0.3) is 0 Å². The molecule has 0 aliphatic heterocycles. The minimum Gasteiger partial charge on any atom is -0.395 e. The second-order valence-corrected chi connectivity index (χ2v) is 4.91. The minimum absolute atomic E-state index is 0.0272. The van der Waals surface area contributed by atoms with Crippen LogP contribution in [0.15, 0.2) is 18.2 Å². The zero-order valence-corrected chi connectivity index (χ0v) is 11.0. The predicted octanol–water partition coefficient (Wildman–Crippen LogP) is 2.88. The number of aliphatic hydroxyl groups is 1. The number of ether oxygens (including phenoxy) is 1. The summed E-state index contributed by atoms with van der Waals surface area (Å²) in [6.45, 7) is 1.20. The van der Waals surface area contributed by atoms with Gasteiger partial charge in [-0.2, -0.15) is 0 Å². The summed E-state index contributed by atoms with van der Waals surface area (Å²) in [5, 5.41) is 8.65. The molecule has 0 bridgehead atoms. The molecule has 0 atom stereocenters. The zero-order chi connectivity index (χ0) is 13.5. The normalized spacial score (nSPS) is 14.0. The van der Waals surface area contributed by atoms with Crippen LogP contribution in [0, 0.1) is 23.6 Å². The van der Waals surface area contributed by atoms with Crippen molar-refractivity contribution in [2.45, 2.75) is 32.3 Å². The largest absolute Gasteiger partial charge is 0.395 e. The molecule has 1 fully saturated rings. The van der Waals surface area contributed by atoms with Crippen molar-refractivity contribution in [2.24, 2.45) is 5.92 Å². The summed E-state index contributed by atoms with van der Waals surface area (Å²) < 4.78 is 19.0. The molecule has 1 aromatic rings. The SMILES string of the molecule is OCCC#Cc1cc(F)cc(COCCC2CC2)c1. The maximum absolute atomic E-state index is 13.4. The van der Waals surface area contributed by atoms with E-state index in [1.165, 1.54) is 25.0 Å². The first-order valence-electron chi connectivity index (χ1n) is 6.75. The Morgan fingerprint density at radius 2 is 2.16 bits per heavy atom. The average Bonchev–Trinajstić information content (AvgIpc) is 3.18. The second kappa shape index (κ2) is 7.28. The van der Waals surface area contributed by atoms with Crippen molar-refractivity contribution in [3.8, 4) is 11.8 Å². The third-order valence-electron chi connectivity index (χ3n) is 3.06. The van der Waals surface area contributed by atoms with Crippen LogP contribution in [0.4, 0.5) is 4.39 Å². The van der Waals surface area contributed by atoms with Crippen molar-refractivity contribution < 1.29 is 14.2 Å². The second-order valence-electron chi connectivity index (χ2n) is 4.91. The number of hydrogen-bond acceptors (Lipinski definition) is 2. The van der Waals surface area contributed by atoms with Gasteiger partial charge in [0.25, 0.3) is 0 Å². The van der Waals surface area contributed by atoms with Gasteiger partial charge in [-0.05, 0) is 36.1 Å². The highest BCUT2D eigenvalue weighted by Gasteiger charge is 2.20. The van der Waals surface area contributed by atoms with Crippen LogP contribution in [0.2, 0.25) is 0 Å². The van der Waals surface area contributed by atoms with Crippen molar-refractivity contribution in [3.05, 3.63) is 35.1 Å². The van der Waals surface area contributed by atoms with Crippen molar-refractivity contribution in [1.29, 1.82) is 0 Å². The van der Waals surface area contributed by atoms with E-state index in [2.05, 4.69) is 11.8 Å². The van der Waals surface area contributed by atoms with Gasteiger partial charge in [-0.3, -0.25) is 0 Å². The van der Waals surface area contributed by atoms with E-state index in [0.717, 1.165) is 24.5 Å². The van der Waals surface area contributed by atoms with E-state index in [0.29, 0.717) is 18.6 Å². The Morgan fingerprint density at radius 3 is 2.89 bits per heavy atom. The Labute approximate surface area is 113 Å². The molecule has 2 rings (SSSR count). The fourth-order valence-corrected chi connectivity index (χ4v) is 1.87. The fourth-order valence-electron chi connectivity index (χ4n) is 1.87. The average molecular weight is 262 g/mol. The van der Waals surface area contributed by atoms with Crippen LogP contribution in [0.1, 0.15) is 36.8 Å². The quantitative estimate of drug-likeness (QED) is 0.631. The maximum Gasteiger partial charge on any atom is 0.124 e. The lowest BCUT2D eigenvalue weighted by molar-refractivity contribution is 0.115. The zero-order valence-electron chi connectivity index (χ0n) is 11.0. The first-order valence-corrected chi connectivity index (χ1v) is 6.75. The van der Waals surface area contributed by atoms with Crippen LogP contribution >= 0.6 is 0 Å². The Kier molecular flexibility index (Phi) is 5.38. The van der Waals surface area contributed by atoms with Gasteiger partial charge in [-0.1, -0.05) is 24.7 Å². The first-order chi connectivity index (χ1) is 9.28. The lowest BCUT2D eigenvalue weighted by Crippen LogP contribution is -1.97. The summed E-state index contributed by atoms with van der Waals surface area (Å²) in [5.41, 5.74) is 1.44. The topological polar surface area (TPSA) is 29.5 Å². The maximum atomic E-state index is 13.4. The van der Waals surface area contributed by atoms with E-state index in [9.17, 15) is 4.39 Å². The van der Waals surface area contributed by atoms with E-state index in [-0.39, 0.29) is 12.4 Å². The van der Waals surface area contributed by atoms with Gasteiger partial charge in [-0.15, -0.1) is 0 Å². The van der Waals surface area contributed by atoms with Crippen LogP contribution in [0.5, 0.6) is 0 Å². The Morgan fingerprint density at radius 1 is 1.32 bits per heavy atom. The highest BCUT2D eigenvalue weighted by Crippen LogP contribution is 2.32. The van der Waals surface area contributed by atoms with Crippen LogP contribution in [-0.2, 0) is 11.3 Å². The monoisotopic (exact) mass is 262 g/mol. The van der Waals surface area contributed by atoms with Crippen LogP contribution in [-0.4, -0.2) is 18.3 Å². The van der Waals surface area contributed by atoms with Gasteiger partial charge >= 0.3 is 0 Å². The van der Waals surface area contributed by atoms with Crippen molar-refractivity contribution in [1.82, 2.24) is 0 Å². The highest BCUT2D eigenvalue weighted by atomic mass is 19.1. The highest BCUT2D eigenvalue weighted by molar-refractivity contribution is 5.37. The molecule has 19 heavy (non-hydrogen) atoms. The van der Waals surface area contributed by atoms with Gasteiger partial charge in [0.15, 0.2) is 0 Å². The number of rotatable bonds is 6. The van der Waals surface area contributed by atoms with Gasteiger partial charge in [0.05, 0.1) is 13.2 Å². The molecule has 0 spiro atoms. The van der Waals surface area contributed by atoms with Crippen LogP contribution in [0.3, 0.4) is 0 Å². The first kappa shape index (κ1) is 14.0. The van der Waals surface area contributed by atoms with Gasteiger partial charge in [0.2, 0.25) is 0 Å². The Bertz CT molecular complexity index is 469.